The number of amides is 1. The fourth-order valence-corrected chi connectivity index (χ4v) is 4.92. The van der Waals surface area contributed by atoms with Crippen LogP contribution in [0.25, 0.3) is 10.9 Å². The molecule has 1 aliphatic rings. The highest BCUT2D eigenvalue weighted by Crippen LogP contribution is 2.23. The molecule has 1 aromatic carbocycles. The molecular weight excluding hydrogens is 396 g/mol. The van der Waals surface area contributed by atoms with Crippen LogP contribution in [-0.4, -0.2) is 43.7 Å². The zero-order valence-electron chi connectivity index (χ0n) is 17.2. The van der Waals surface area contributed by atoms with Crippen molar-refractivity contribution in [1.29, 1.82) is 0 Å². The molecule has 1 atom stereocenters. The maximum Gasteiger partial charge on any atom is 0.262 e. The number of pyridine rings is 1. The number of hydrogen-bond donors (Lipinski definition) is 0. The van der Waals surface area contributed by atoms with Gasteiger partial charge in [-0.3, -0.25) is 19.1 Å². The molecule has 1 saturated heterocycles. The summed E-state index contributed by atoms with van der Waals surface area (Å²) in [6, 6.07) is 11.5. The third kappa shape index (κ3) is 4.41. The van der Waals surface area contributed by atoms with Gasteiger partial charge in [0, 0.05) is 25.0 Å². The maximum absolute atomic E-state index is 13.2. The Kier molecular flexibility index (Phi) is 6.47. The minimum Gasteiger partial charge on any atom is -0.339 e. The van der Waals surface area contributed by atoms with Crippen LogP contribution < -0.4 is 5.56 Å². The van der Waals surface area contributed by atoms with Crippen LogP contribution in [-0.2, 0) is 11.3 Å². The van der Waals surface area contributed by atoms with Crippen LogP contribution in [0.1, 0.15) is 38.2 Å². The summed E-state index contributed by atoms with van der Waals surface area (Å²) in [4.78, 5) is 37.0. The Hall–Kier alpha value is -2.67. The fraction of sp³-hybridized carbons (Fsp3) is 0.391. The molecule has 7 heteroatoms. The Labute approximate surface area is 180 Å². The third-order valence-electron chi connectivity index (χ3n) is 5.63. The first-order valence-corrected chi connectivity index (χ1v) is 11.5. The number of carbonyl (C=O) groups is 1. The second-order valence-corrected chi connectivity index (χ2v) is 8.54. The topological polar surface area (TPSA) is 68.1 Å². The number of nitrogens with zero attached hydrogens (tertiary/aromatic N) is 4. The number of aromatic nitrogens is 3. The lowest BCUT2D eigenvalue weighted by Gasteiger charge is -2.35. The Morgan fingerprint density at radius 2 is 2.07 bits per heavy atom. The first-order chi connectivity index (χ1) is 14.7. The monoisotopic (exact) mass is 422 g/mol. The van der Waals surface area contributed by atoms with Crippen LogP contribution in [0.4, 0.5) is 0 Å². The molecule has 6 nitrogen and oxygen atoms in total. The van der Waals surface area contributed by atoms with Gasteiger partial charge in [0.1, 0.15) is 0 Å². The molecule has 4 rings (SSSR count). The highest BCUT2D eigenvalue weighted by Gasteiger charge is 2.25. The normalized spacial score (nSPS) is 16.7. The number of hydrogen-bond acceptors (Lipinski definition) is 5. The van der Waals surface area contributed by atoms with E-state index in [1.165, 1.54) is 18.2 Å². The molecule has 1 aliphatic heterocycles. The van der Waals surface area contributed by atoms with Crippen molar-refractivity contribution in [2.75, 3.05) is 12.3 Å². The smallest absolute Gasteiger partial charge is 0.262 e. The molecule has 3 heterocycles. The molecule has 1 unspecified atom stereocenters. The number of rotatable bonds is 6. The second kappa shape index (κ2) is 9.43. The van der Waals surface area contributed by atoms with E-state index in [1.54, 1.807) is 23.0 Å². The molecule has 3 aromatic rings. The summed E-state index contributed by atoms with van der Waals surface area (Å²) < 4.78 is 1.66. The first kappa shape index (κ1) is 20.6. The standard InChI is InChI=1S/C23H26N4O2S/c1-2-18-9-5-6-13-26(18)21(28)16-30-23-25-20-11-4-3-10-19(20)22(29)27(23)15-17-8-7-12-24-14-17/h3-4,7-8,10-12,14,18H,2,5-6,9,13,15-16H2,1H3. The summed E-state index contributed by atoms with van der Waals surface area (Å²) in [5.41, 5.74) is 1.49. The summed E-state index contributed by atoms with van der Waals surface area (Å²) in [7, 11) is 0. The van der Waals surface area contributed by atoms with Crippen LogP contribution in [0.3, 0.4) is 0 Å². The van der Waals surface area contributed by atoms with E-state index in [2.05, 4.69) is 11.9 Å². The summed E-state index contributed by atoms with van der Waals surface area (Å²) in [6.07, 6.45) is 7.77. The van der Waals surface area contributed by atoms with Crippen molar-refractivity contribution >= 4 is 28.6 Å². The molecule has 0 radical (unpaired) electrons. The SMILES string of the molecule is CCC1CCCCN1C(=O)CSc1nc2ccccc2c(=O)n1Cc1cccnc1. The number of thioether (sulfide) groups is 1. The van der Waals surface area contributed by atoms with Gasteiger partial charge in [0.25, 0.3) is 5.56 Å². The number of para-hydroxylation sites is 1. The zero-order valence-corrected chi connectivity index (χ0v) is 18.0. The lowest BCUT2D eigenvalue weighted by Crippen LogP contribution is -2.44. The van der Waals surface area contributed by atoms with E-state index in [-0.39, 0.29) is 17.2 Å². The van der Waals surface area contributed by atoms with E-state index in [9.17, 15) is 9.59 Å². The number of fused-ring (bicyclic) bond motifs is 1. The van der Waals surface area contributed by atoms with Crippen molar-refractivity contribution in [2.24, 2.45) is 0 Å². The fourth-order valence-electron chi connectivity index (χ4n) is 4.03. The summed E-state index contributed by atoms with van der Waals surface area (Å²) in [6.45, 7) is 3.34. The Morgan fingerprint density at radius 3 is 2.87 bits per heavy atom. The number of piperidine rings is 1. The van der Waals surface area contributed by atoms with Crippen molar-refractivity contribution in [3.8, 4) is 0 Å². The number of likely N-dealkylation sites (tertiary alicyclic amines) is 1. The van der Waals surface area contributed by atoms with Gasteiger partial charge in [-0.05, 0) is 49.4 Å². The van der Waals surface area contributed by atoms with Crippen molar-refractivity contribution < 1.29 is 4.79 Å². The molecular formula is C23H26N4O2S. The first-order valence-electron chi connectivity index (χ1n) is 10.5. The van der Waals surface area contributed by atoms with Crippen LogP contribution >= 0.6 is 11.8 Å². The van der Waals surface area contributed by atoms with Crippen molar-refractivity contribution in [1.82, 2.24) is 19.4 Å². The Bertz CT molecular complexity index is 1080. The van der Waals surface area contributed by atoms with Gasteiger partial charge in [-0.25, -0.2) is 4.98 Å². The molecule has 30 heavy (non-hydrogen) atoms. The second-order valence-electron chi connectivity index (χ2n) is 7.60. The number of benzene rings is 1. The lowest BCUT2D eigenvalue weighted by molar-refractivity contribution is -0.132. The van der Waals surface area contributed by atoms with Crippen LogP contribution in [0.2, 0.25) is 0 Å². The molecule has 0 spiro atoms. The summed E-state index contributed by atoms with van der Waals surface area (Å²) in [5.74, 6) is 0.413. The van der Waals surface area contributed by atoms with E-state index in [1.807, 2.05) is 35.2 Å². The van der Waals surface area contributed by atoms with Gasteiger partial charge in [0.2, 0.25) is 5.91 Å². The average Bonchev–Trinajstić information content (AvgIpc) is 2.80. The lowest BCUT2D eigenvalue weighted by atomic mass is 10.0. The van der Waals surface area contributed by atoms with E-state index in [0.717, 1.165) is 31.4 Å². The van der Waals surface area contributed by atoms with Crippen LogP contribution in [0, 0.1) is 0 Å². The summed E-state index contributed by atoms with van der Waals surface area (Å²) in [5, 5.41) is 1.15. The van der Waals surface area contributed by atoms with Crippen molar-refractivity contribution in [3.05, 3.63) is 64.7 Å². The van der Waals surface area contributed by atoms with Gasteiger partial charge >= 0.3 is 0 Å². The van der Waals surface area contributed by atoms with E-state index in [0.29, 0.717) is 28.6 Å². The highest BCUT2D eigenvalue weighted by molar-refractivity contribution is 7.99. The van der Waals surface area contributed by atoms with Crippen molar-refractivity contribution in [2.45, 2.75) is 50.4 Å². The largest absolute Gasteiger partial charge is 0.339 e. The van der Waals surface area contributed by atoms with Gasteiger partial charge < -0.3 is 4.90 Å². The zero-order chi connectivity index (χ0) is 20.9. The van der Waals surface area contributed by atoms with Crippen LogP contribution in [0.5, 0.6) is 0 Å². The molecule has 0 bridgehead atoms. The maximum atomic E-state index is 13.2. The minimum atomic E-state index is -0.0937. The van der Waals surface area contributed by atoms with Gasteiger partial charge in [0.15, 0.2) is 5.16 Å². The third-order valence-corrected chi connectivity index (χ3v) is 6.59. The van der Waals surface area contributed by atoms with E-state index >= 15 is 0 Å². The predicted octanol–water partition coefficient (Wildman–Crippen LogP) is 3.72. The molecule has 0 saturated carbocycles. The average molecular weight is 423 g/mol. The Morgan fingerprint density at radius 1 is 1.20 bits per heavy atom. The van der Waals surface area contributed by atoms with Crippen molar-refractivity contribution in [3.63, 3.8) is 0 Å². The van der Waals surface area contributed by atoms with E-state index < -0.39 is 0 Å². The molecule has 0 N–H and O–H groups in total. The van der Waals surface area contributed by atoms with Gasteiger partial charge in [-0.15, -0.1) is 0 Å². The van der Waals surface area contributed by atoms with Gasteiger partial charge in [-0.1, -0.05) is 36.9 Å². The van der Waals surface area contributed by atoms with E-state index in [4.69, 9.17) is 4.98 Å². The molecule has 2 aromatic heterocycles. The predicted molar refractivity (Wildman–Crippen MR) is 120 cm³/mol. The Balaban J connectivity index is 1.62. The molecule has 1 amide bonds. The highest BCUT2D eigenvalue weighted by atomic mass is 32.2. The summed E-state index contributed by atoms with van der Waals surface area (Å²) >= 11 is 1.35. The molecule has 1 fully saturated rings. The quantitative estimate of drug-likeness (QED) is 0.447. The minimum absolute atomic E-state index is 0.0937. The van der Waals surface area contributed by atoms with Gasteiger partial charge in [0.05, 0.1) is 23.2 Å². The molecule has 0 aliphatic carbocycles. The number of carbonyl (C=O) groups excluding carboxylic acids is 1. The molecule has 156 valence electrons. The van der Waals surface area contributed by atoms with Gasteiger partial charge in [-0.2, -0.15) is 0 Å². The van der Waals surface area contributed by atoms with Crippen LogP contribution in [0.15, 0.2) is 58.7 Å².